The van der Waals surface area contributed by atoms with Crippen LogP contribution >= 0.6 is 0 Å². The van der Waals surface area contributed by atoms with Crippen molar-refractivity contribution >= 4 is 5.69 Å². The van der Waals surface area contributed by atoms with Gasteiger partial charge in [0.1, 0.15) is 6.07 Å². The van der Waals surface area contributed by atoms with E-state index in [0.717, 1.165) is 11.3 Å². The van der Waals surface area contributed by atoms with E-state index in [1.807, 2.05) is 38.1 Å². The van der Waals surface area contributed by atoms with Crippen molar-refractivity contribution in [2.75, 3.05) is 5.32 Å². The number of nitriles is 1. The number of hydrogen-bond acceptors (Lipinski definition) is 2. The zero-order valence-corrected chi connectivity index (χ0v) is 8.54. The Hall–Kier alpha value is -1.75. The molecule has 1 unspecified atom stereocenters. The van der Waals surface area contributed by atoms with Gasteiger partial charge in [-0.2, -0.15) is 5.26 Å². The van der Waals surface area contributed by atoms with Crippen molar-refractivity contribution < 1.29 is 0 Å². The second kappa shape index (κ2) is 4.48. The summed E-state index contributed by atoms with van der Waals surface area (Å²) in [4.78, 5) is 0. The van der Waals surface area contributed by atoms with E-state index < -0.39 is 0 Å². The molecule has 0 aromatic heterocycles. The topological polar surface area (TPSA) is 35.8 Å². The summed E-state index contributed by atoms with van der Waals surface area (Å²) in [6.07, 6.45) is 1.81. The van der Waals surface area contributed by atoms with Gasteiger partial charge in [0.25, 0.3) is 0 Å². The number of nitrogens with one attached hydrogen (secondary N) is 1. The van der Waals surface area contributed by atoms with Crippen molar-refractivity contribution in [3.63, 3.8) is 0 Å². The number of hydrogen-bond donors (Lipinski definition) is 1. The van der Waals surface area contributed by atoms with Gasteiger partial charge in [0.2, 0.25) is 0 Å². The molecule has 0 saturated carbocycles. The van der Waals surface area contributed by atoms with Crippen LogP contribution in [-0.2, 0) is 0 Å². The van der Waals surface area contributed by atoms with Crippen LogP contribution in [0.15, 0.2) is 30.9 Å². The fraction of sp³-hybridized carbons (Fsp3) is 0.250. The molecule has 0 fully saturated rings. The predicted octanol–water partition coefficient (Wildman–Crippen LogP) is 2.85. The smallest absolute Gasteiger partial charge is 0.101 e. The summed E-state index contributed by atoms with van der Waals surface area (Å²) < 4.78 is 0. The average Bonchev–Trinajstić information content (AvgIpc) is 2.20. The van der Waals surface area contributed by atoms with Crippen LogP contribution in [0.5, 0.6) is 0 Å². The molecule has 1 atom stereocenters. The first-order valence-corrected chi connectivity index (χ1v) is 4.58. The summed E-state index contributed by atoms with van der Waals surface area (Å²) >= 11 is 0. The van der Waals surface area contributed by atoms with E-state index in [9.17, 15) is 0 Å². The van der Waals surface area contributed by atoms with E-state index in [1.54, 1.807) is 0 Å². The highest BCUT2D eigenvalue weighted by atomic mass is 14.9. The zero-order valence-electron chi connectivity index (χ0n) is 8.54. The molecule has 0 aliphatic heterocycles. The minimum Gasteiger partial charge on any atom is -0.378 e. The van der Waals surface area contributed by atoms with E-state index in [-0.39, 0.29) is 6.04 Å². The van der Waals surface area contributed by atoms with Gasteiger partial charge in [-0.1, -0.05) is 18.2 Å². The molecule has 14 heavy (non-hydrogen) atoms. The van der Waals surface area contributed by atoms with Crippen LogP contribution in [0.4, 0.5) is 5.69 Å². The van der Waals surface area contributed by atoms with Crippen LogP contribution in [0, 0.1) is 18.3 Å². The van der Waals surface area contributed by atoms with E-state index in [4.69, 9.17) is 5.26 Å². The van der Waals surface area contributed by atoms with Gasteiger partial charge in [0.15, 0.2) is 0 Å². The second-order valence-corrected chi connectivity index (χ2v) is 3.28. The summed E-state index contributed by atoms with van der Waals surface area (Å²) in [6, 6.07) is 8.02. The molecule has 1 aromatic rings. The SMILES string of the molecule is C=CC(C)Nc1c(C)cccc1C#N. The lowest BCUT2D eigenvalue weighted by atomic mass is 10.1. The molecule has 0 aliphatic carbocycles. The maximum Gasteiger partial charge on any atom is 0.101 e. The summed E-state index contributed by atoms with van der Waals surface area (Å²) in [5.74, 6) is 0. The first-order chi connectivity index (χ1) is 6.69. The molecule has 1 N–H and O–H groups in total. The minimum absolute atomic E-state index is 0.170. The van der Waals surface area contributed by atoms with Gasteiger partial charge in [-0.25, -0.2) is 0 Å². The molecular weight excluding hydrogens is 172 g/mol. The lowest BCUT2D eigenvalue weighted by Gasteiger charge is -2.14. The third-order valence-electron chi connectivity index (χ3n) is 2.12. The Balaban J connectivity index is 3.06. The number of anilines is 1. The van der Waals surface area contributed by atoms with Crippen molar-refractivity contribution in [2.45, 2.75) is 19.9 Å². The highest BCUT2D eigenvalue weighted by Gasteiger charge is 2.05. The van der Waals surface area contributed by atoms with E-state index in [1.165, 1.54) is 0 Å². The van der Waals surface area contributed by atoms with Gasteiger partial charge in [-0.05, 0) is 25.5 Å². The molecule has 2 heteroatoms. The van der Waals surface area contributed by atoms with Crippen molar-refractivity contribution in [3.05, 3.63) is 42.0 Å². The van der Waals surface area contributed by atoms with Crippen LogP contribution < -0.4 is 5.32 Å². The number of aryl methyl sites for hydroxylation is 1. The van der Waals surface area contributed by atoms with E-state index in [0.29, 0.717) is 5.56 Å². The van der Waals surface area contributed by atoms with Gasteiger partial charge in [-0.3, -0.25) is 0 Å². The Morgan fingerprint density at radius 3 is 2.86 bits per heavy atom. The highest BCUT2D eigenvalue weighted by Crippen LogP contribution is 2.20. The monoisotopic (exact) mass is 186 g/mol. The zero-order chi connectivity index (χ0) is 10.6. The van der Waals surface area contributed by atoms with Crippen LogP contribution in [0.1, 0.15) is 18.1 Å². The van der Waals surface area contributed by atoms with Gasteiger partial charge < -0.3 is 5.32 Å². The van der Waals surface area contributed by atoms with Crippen LogP contribution in [-0.4, -0.2) is 6.04 Å². The van der Waals surface area contributed by atoms with E-state index in [2.05, 4.69) is 18.0 Å². The van der Waals surface area contributed by atoms with Crippen molar-refractivity contribution in [1.29, 1.82) is 5.26 Å². The summed E-state index contributed by atoms with van der Waals surface area (Å²) in [6.45, 7) is 7.68. The standard InChI is InChI=1S/C12H14N2/c1-4-10(3)14-12-9(2)6-5-7-11(12)8-13/h4-7,10,14H,1H2,2-3H3. The Labute approximate surface area is 84.9 Å². The molecule has 0 heterocycles. The quantitative estimate of drug-likeness (QED) is 0.737. The van der Waals surface area contributed by atoms with Crippen LogP contribution in [0.3, 0.4) is 0 Å². The number of nitrogens with zero attached hydrogens (tertiary/aromatic N) is 1. The Morgan fingerprint density at radius 2 is 2.29 bits per heavy atom. The lowest BCUT2D eigenvalue weighted by Crippen LogP contribution is -2.13. The molecule has 0 radical (unpaired) electrons. The van der Waals surface area contributed by atoms with E-state index >= 15 is 0 Å². The summed E-state index contributed by atoms with van der Waals surface area (Å²) in [7, 11) is 0. The third-order valence-corrected chi connectivity index (χ3v) is 2.12. The van der Waals surface area contributed by atoms with Crippen LogP contribution in [0.25, 0.3) is 0 Å². The largest absolute Gasteiger partial charge is 0.378 e. The molecule has 2 nitrogen and oxygen atoms in total. The number of benzene rings is 1. The van der Waals surface area contributed by atoms with Gasteiger partial charge in [0, 0.05) is 6.04 Å². The van der Waals surface area contributed by atoms with Crippen molar-refractivity contribution in [2.24, 2.45) is 0 Å². The van der Waals surface area contributed by atoms with Gasteiger partial charge in [0.05, 0.1) is 11.3 Å². The first kappa shape index (κ1) is 10.3. The normalized spacial score (nSPS) is 11.5. The van der Waals surface area contributed by atoms with Crippen LogP contribution in [0.2, 0.25) is 0 Å². The maximum atomic E-state index is 8.91. The lowest BCUT2D eigenvalue weighted by molar-refractivity contribution is 0.996. The molecule has 0 saturated heterocycles. The molecule has 72 valence electrons. The molecule has 1 rings (SSSR count). The fourth-order valence-corrected chi connectivity index (χ4v) is 1.24. The highest BCUT2D eigenvalue weighted by molar-refractivity contribution is 5.62. The first-order valence-electron chi connectivity index (χ1n) is 4.58. The van der Waals surface area contributed by atoms with Crippen molar-refractivity contribution in [3.8, 4) is 6.07 Å². The molecular formula is C12H14N2. The Morgan fingerprint density at radius 1 is 1.57 bits per heavy atom. The molecule has 0 aliphatic rings. The second-order valence-electron chi connectivity index (χ2n) is 3.28. The molecule has 0 bridgehead atoms. The van der Waals surface area contributed by atoms with Gasteiger partial charge in [-0.15, -0.1) is 6.58 Å². The van der Waals surface area contributed by atoms with Crippen molar-refractivity contribution in [1.82, 2.24) is 0 Å². The Bertz CT molecular complexity index is 374. The molecule has 1 aromatic carbocycles. The van der Waals surface area contributed by atoms with Gasteiger partial charge >= 0.3 is 0 Å². The summed E-state index contributed by atoms with van der Waals surface area (Å²) in [5.41, 5.74) is 2.67. The molecule has 0 spiro atoms. The number of para-hydroxylation sites is 1. The summed E-state index contributed by atoms with van der Waals surface area (Å²) in [5, 5.41) is 12.2. The molecule has 0 amide bonds. The number of rotatable bonds is 3. The average molecular weight is 186 g/mol. The Kier molecular flexibility index (Phi) is 3.30. The minimum atomic E-state index is 0.170. The third kappa shape index (κ3) is 2.14. The maximum absolute atomic E-state index is 8.91. The predicted molar refractivity (Wildman–Crippen MR) is 59.2 cm³/mol. The fourth-order valence-electron chi connectivity index (χ4n) is 1.24.